The molecule has 0 radical (unpaired) electrons. The van der Waals surface area contributed by atoms with Crippen molar-refractivity contribution in [3.63, 3.8) is 0 Å². The third-order valence-corrected chi connectivity index (χ3v) is 4.42. The molecule has 146 valence electrons. The second-order valence-electron chi connectivity index (χ2n) is 6.05. The predicted molar refractivity (Wildman–Crippen MR) is 95.3 cm³/mol. The molecule has 0 heterocycles. The number of rotatable bonds is 3. The van der Waals surface area contributed by atoms with Gasteiger partial charge in [-0.15, -0.1) is 0 Å². The van der Waals surface area contributed by atoms with Crippen molar-refractivity contribution in [2.45, 2.75) is 5.92 Å². The smallest absolute Gasteiger partial charge is 0.200 e. The van der Waals surface area contributed by atoms with Crippen molar-refractivity contribution in [2.24, 2.45) is 0 Å². The maximum atomic E-state index is 10.3. The molecule has 0 aliphatic rings. The topological polar surface area (TPSA) is 182 Å². The molecule has 0 saturated heterocycles. The first kappa shape index (κ1) is 18.6. The van der Waals surface area contributed by atoms with E-state index in [9.17, 15) is 46.0 Å². The van der Waals surface area contributed by atoms with Gasteiger partial charge in [-0.3, -0.25) is 0 Å². The molecule has 0 aliphatic carbocycles. The molecule has 9 N–H and O–H groups in total. The van der Waals surface area contributed by atoms with Crippen LogP contribution in [0, 0.1) is 0 Å². The van der Waals surface area contributed by atoms with E-state index < -0.39 is 57.7 Å². The lowest BCUT2D eigenvalue weighted by Gasteiger charge is -2.23. The molecule has 0 atom stereocenters. The Balaban J connectivity index is 2.38. The Bertz CT molecular complexity index is 939. The third kappa shape index (κ3) is 2.75. The molecule has 0 aromatic heterocycles. The number of phenolic OH excluding ortho intramolecular Hbond substituents is 9. The Kier molecular flexibility index (Phi) is 4.36. The molecule has 0 fully saturated rings. The monoisotopic (exact) mass is 388 g/mol. The van der Waals surface area contributed by atoms with Crippen molar-refractivity contribution in [1.82, 2.24) is 0 Å². The van der Waals surface area contributed by atoms with Gasteiger partial charge in [0.25, 0.3) is 0 Å². The van der Waals surface area contributed by atoms with Gasteiger partial charge in [0.1, 0.15) is 0 Å². The van der Waals surface area contributed by atoms with Gasteiger partial charge in [0, 0.05) is 22.6 Å². The highest BCUT2D eigenvalue weighted by molar-refractivity contribution is 5.66. The van der Waals surface area contributed by atoms with E-state index in [4.69, 9.17) is 0 Å². The van der Waals surface area contributed by atoms with Crippen LogP contribution in [0.1, 0.15) is 22.6 Å². The third-order valence-electron chi connectivity index (χ3n) is 4.42. The Labute approximate surface area is 157 Å². The zero-order valence-corrected chi connectivity index (χ0v) is 14.1. The van der Waals surface area contributed by atoms with E-state index >= 15 is 0 Å². The SMILES string of the molecule is Oc1ccc(C(c2ccc(O)c(O)c2O)c2ccc(O)c(O)c2O)c(O)c1O. The number of phenols is 9. The largest absolute Gasteiger partial charge is 0.504 e. The lowest BCUT2D eigenvalue weighted by molar-refractivity contribution is 0.357. The second kappa shape index (κ2) is 6.54. The standard InChI is InChI=1S/C19H16O9/c20-10-4-1-7(14(23)17(10)26)13(8-2-5-11(21)18(27)15(8)24)9-3-6-12(22)19(28)16(9)25/h1-6,13,20-28H. The van der Waals surface area contributed by atoms with Gasteiger partial charge in [-0.1, -0.05) is 18.2 Å². The second-order valence-corrected chi connectivity index (χ2v) is 6.05. The zero-order valence-electron chi connectivity index (χ0n) is 14.1. The van der Waals surface area contributed by atoms with Crippen molar-refractivity contribution < 1.29 is 46.0 Å². The van der Waals surface area contributed by atoms with E-state index in [-0.39, 0.29) is 16.7 Å². The molecule has 0 spiro atoms. The van der Waals surface area contributed by atoms with Gasteiger partial charge in [0.15, 0.2) is 34.5 Å². The predicted octanol–water partition coefficient (Wildman–Crippen LogP) is 2.22. The van der Waals surface area contributed by atoms with Crippen LogP contribution in [0.15, 0.2) is 36.4 Å². The van der Waals surface area contributed by atoms with Crippen molar-refractivity contribution in [3.05, 3.63) is 53.1 Å². The van der Waals surface area contributed by atoms with E-state index in [2.05, 4.69) is 0 Å². The first-order valence-corrected chi connectivity index (χ1v) is 7.86. The molecule has 3 rings (SSSR count). The van der Waals surface area contributed by atoms with Crippen LogP contribution in [0.5, 0.6) is 51.7 Å². The maximum Gasteiger partial charge on any atom is 0.200 e. The molecule has 9 heteroatoms. The number of benzene rings is 3. The molecule has 0 unspecified atom stereocenters. The number of aromatic hydroxyl groups is 9. The summed E-state index contributed by atoms with van der Waals surface area (Å²) in [7, 11) is 0. The number of hydrogen-bond donors (Lipinski definition) is 9. The minimum atomic E-state index is -1.30. The molecular formula is C19H16O9. The number of hydrogen-bond acceptors (Lipinski definition) is 9. The van der Waals surface area contributed by atoms with Gasteiger partial charge in [0.05, 0.1) is 0 Å². The van der Waals surface area contributed by atoms with Gasteiger partial charge in [-0.25, -0.2) is 0 Å². The summed E-state index contributed by atoms with van der Waals surface area (Å²) in [4.78, 5) is 0. The van der Waals surface area contributed by atoms with E-state index in [1.165, 1.54) is 18.2 Å². The van der Waals surface area contributed by atoms with Gasteiger partial charge in [-0.05, 0) is 18.2 Å². The van der Waals surface area contributed by atoms with Crippen LogP contribution >= 0.6 is 0 Å². The summed E-state index contributed by atoms with van der Waals surface area (Å²) in [5.41, 5.74) is -0.386. The molecular weight excluding hydrogens is 372 g/mol. The minimum absolute atomic E-state index is 0.129. The Hall–Kier alpha value is -4.14. The van der Waals surface area contributed by atoms with Crippen molar-refractivity contribution in [3.8, 4) is 51.7 Å². The summed E-state index contributed by atoms with van der Waals surface area (Å²) < 4.78 is 0. The van der Waals surface area contributed by atoms with Crippen LogP contribution in [-0.2, 0) is 0 Å². The Morgan fingerprint density at radius 1 is 0.357 bits per heavy atom. The van der Waals surface area contributed by atoms with E-state index in [1.807, 2.05) is 0 Å². The van der Waals surface area contributed by atoms with Crippen molar-refractivity contribution in [1.29, 1.82) is 0 Å². The maximum absolute atomic E-state index is 10.3. The fourth-order valence-corrected chi connectivity index (χ4v) is 2.96. The summed E-state index contributed by atoms with van der Waals surface area (Å²) in [6.07, 6.45) is 0. The average molecular weight is 388 g/mol. The Morgan fingerprint density at radius 2 is 0.607 bits per heavy atom. The summed E-state index contributed by atoms with van der Waals surface area (Å²) in [5.74, 6) is -8.16. The Morgan fingerprint density at radius 3 is 0.857 bits per heavy atom. The molecule has 9 nitrogen and oxygen atoms in total. The normalized spacial score (nSPS) is 11.0. The zero-order chi connectivity index (χ0) is 20.7. The van der Waals surface area contributed by atoms with Gasteiger partial charge >= 0.3 is 0 Å². The average Bonchev–Trinajstić information content (AvgIpc) is 2.67. The van der Waals surface area contributed by atoms with Crippen molar-refractivity contribution >= 4 is 0 Å². The van der Waals surface area contributed by atoms with E-state index in [0.717, 1.165) is 18.2 Å². The summed E-state index contributed by atoms with van der Waals surface area (Å²) in [6, 6.07) is 6.69. The van der Waals surface area contributed by atoms with Gasteiger partial charge in [0.2, 0.25) is 17.2 Å². The lowest BCUT2D eigenvalue weighted by Crippen LogP contribution is -2.05. The summed E-state index contributed by atoms with van der Waals surface area (Å²) in [6.45, 7) is 0. The van der Waals surface area contributed by atoms with Crippen LogP contribution in [0.4, 0.5) is 0 Å². The lowest BCUT2D eigenvalue weighted by atomic mass is 9.83. The van der Waals surface area contributed by atoms with Gasteiger partial charge in [-0.2, -0.15) is 0 Å². The summed E-state index contributed by atoms with van der Waals surface area (Å²) >= 11 is 0. The highest BCUT2D eigenvalue weighted by Crippen LogP contribution is 2.52. The van der Waals surface area contributed by atoms with Crippen LogP contribution in [0.25, 0.3) is 0 Å². The fraction of sp³-hybridized carbons (Fsp3) is 0.0526. The first-order valence-electron chi connectivity index (χ1n) is 7.86. The van der Waals surface area contributed by atoms with Gasteiger partial charge < -0.3 is 46.0 Å². The van der Waals surface area contributed by atoms with Crippen LogP contribution < -0.4 is 0 Å². The van der Waals surface area contributed by atoms with E-state index in [1.54, 1.807) is 0 Å². The molecule has 0 saturated carbocycles. The molecule has 3 aromatic rings. The molecule has 0 aliphatic heterocycles. The highest BCUT2D eigenvalue weighted by atomic mass is 16.3. The van der Waals surface area contributed by atoms with E-state index in [0.29, 0.717) is 0 Å². The molecule has 28 heavy (non-hydrogen) atoms. The summed E-state index contributed by atoms with van der Waals surface area (Å²) in [5, 5.41) is 89.2. The van der Waals surface area contributed by atoms with Crippen LogP contribution in [0.2, 0.25) is 0 Å². The molecule has 0 bridgehead atoms. The van der Waals surface area contributed by atoms with Crippen molar-refractivity contribution in [2.75, 3.05) is 0 Å². The van der Waals surface area contributed by atoms with Crippen LogP contribution in [0.3, 0.4) is 0 Å². The quantitative estimate of drug-likeness (QED) is 0.240. The van der Waals surface area contributed by atoms with Crippen LogP contribution in [-0.4, -0.2) is 46.0 Å². The minimum Gasteiger partial charge on any atom is -0.504 e. The molecule has 3 aromatic carbocycles. The highest BCUT2D eigenvalue weighted by Gasteiger charge is 2.30. The first-order chi connectivity index (χ1) is 13.1. The molecule has 0 amide bonds. The fourth-order valence-electron chi connectivity index (χ4n) is 2.96.